The minimum atomic E-state index is -4.88. The van der Waals surface area contributed by atoms with E-state index in [0.29, 0.717) is 18.4 Å². The average molecular weight is 535 g/mol. The van der Waals surface area contributed by atoms with Crippen molar-refractivity contribution in [3.05, 3.63) is 74.2 Å². The maximum atomic E-state index is 15.1. The van der Waals surface area contributed by atoms with Crippen molar-refractivity contribution in [3.8, 4) is 11.3 Å². The van der Waals surface area contributed by atoms with Gasteiger partial charge in [0.2, 0.25) is 5.95 Å². The molecule has 0 bridgehead atoms. The monoisotopic (exact) mass is 535 g/mol. The Morgan fingerprint density at radius 1 is 1.18 bits per heavy atom. The number of nitrogens with zero attached hydrogens (tertiary/aromatic N) is 4. The lowest BCUT2D eigenvalue weighted by atomic mass is 10.0. The van der Waals surface area contributed by atoms with Crippen LogP contribution in [0.1, 0.15) is 30.9 Å². The second-order valence-electron chi connectivity index (χ2n) is 8.76. The van der Waals surface area contributed by atoms with Crippen molar-refractivity contribution in [1.82, 2.24) is 24.7 Å². The number of hydrogen-bond donors (Lipinski definition) is 3. The maximum absolute atomic E-state index is 15.1. The molecule has 1 aromatic carbocycles. The van der Waals surface area contributed by atoms with E-state index in [1.165, 1.54) is 29.1 Å². The van der Waals surface area contributed by atoms with Crippen LogP contribution in [0.25, 0.3) is 22.0 Å². The van der Waals surface area contributed by atoms with Gasteiger partial charge in [-0.1, -0.05) is 0 Å². The number of aromatic nitrogens is 5. The first kappa shape index (κ1) is 26.7. The van der Waals surface area contributed by atoms with Crippen molar-refractivity contribution in [2.45, 2.75) is 45.5 Å². The topological polar surface area (TPSA) is 132 Å². The first-order valence-electron chi connectivity index (χ1n) is 11.4. The van der Waals surface area contributed by atoms with Crippen molar-refractivity contribution < 1.29 is 22.0 Å². The summed E-state index contributed by atoms with van der Waals surface area (Å²) in [7, 11) is 0. The van der Waals surface area contributed by atoms with E-state index < -0.39 is 51.6 Å². The van der Waals surface area contributed by atoms with Gasteiger partial charge in [0.15, 0.2) is 11.6 Å². The zero-order chi connectivity index (χ0) is 27.8. The number of pyridine rings is 1. The van der Waals surface area contributed by atoms with Crippen LogP contribution in [0, 0.1) is 18.6 Å². The molecule has 0 saturated carbocycles. The smallest absolute Gasteiger partial charge is 0.381 e. The first-order chi connectivity index (χ1) is 17.9. The van der Waals surface area contributed by atoms with Gasteiger partial charge in [0.1, 0.15) is 5.56 Å². The number of rotatable bonds is 7. The van der Waals surface area contributed by atoms with E-state index in [4.69, 9.17) is 5.73 Å². The average Bonchev–Trinajstić information content (AvgIpc) is 2.83. The fraction of sp³-hybridized carbons (Fsp3) is 0.292. The molecule has 38 heavy (non-hydrogen) atoms. The van der Waals surface area contributed by atoms with Crippen molar-refractivity contribution in [1.29, 1.82) is 0 Å². The zero-order valence-corrected chi connectivity index (χ0v) is 20.2. The highest BCUT2D eigenvalue weighted by Crippen LogP contribution is 2.32. The normalized spacial score (nSPS) is 12.6. The lowest BCUT2D eigenvalue weighted by Crippen LogP contribution is -2.27. The molecule has 200 valence electrons. The minimum Gasteiger partial charge on any atom is -0.381 e. The van der Waals surface area contributed by atoms with Crippen LogP contribution in [-0.2, 0) is 12.7 Å². The minimum absolute atomic E-state index is 0.0882. The lowest BCUT2D eigenvalue weighted by Gasteiger charge is -2.18. The summed E-state index contributed by atoms with van der Waals surface area (Å²) < 4.78 is 71.0. The van der Waals surface area contributed by atoms with E-state index in [-0.39, 0.29) is 29.1 Å². The molecule has 0 radical (unpaired) electrons. The molecule has 9 nitrogen and oxygen atoms in total. The Kier molecular flexibility index (Phi) is 7.16. The second-order valence-corrected chi connectivity index (χ2v) is 8.76. The number of halogens is 5. The number of nitrogens with two attached hydrogens (primary N) is 1. The molecule has 14 heteroatoms. The number of benzene rings is 1. The number of hydrogen-bond acceptors (Lipinski definition) is 7. The van der Waals surface area contributed by atoms with Gasteiger partial charge < -0.3 is 15.6 Å². The number of fused-ring (bicyclic) bond motifs is 1. The van der Waals surface area contributed by atoms with Gasteiger partial charge in [0.25, 0.3) is 11.1 Å². The van der Waals surface area contributed by atoms with E-state index >= 15 is 8.78 Å². The van der Waals surface area contributed by atoms with Crippen LogP contribution < -0.4 is 22.2 Å². The van der Waals surface area contributed by atoms with Gasteiger partial charge in [-0.15, -0.1) is 0 Å². The Morgan fingerprint density at radius 2 is 1.92 bits per heavy atom. The summed E-state index contributed by atoms with van der Waals surface area (Å²) >= 11 is 0. The largest absolute Gasteiger partial charge is 0.423 e. The highest BCUT2D eigenvalue weighted by molar-refractivity contribution is 5.87. The Bertz CT molecular complexity index is 1630. The summed E-state index contributed by atoms with van der Waals surface area (Å²) in [6.45, 7) is 3.30. The molecule has 0 aliphatic heterocycles. The summed E-state index contributed by atoms with van der Waals surface area (Å²) in [6.07, 6.45) is -0.610. The van der Waals surface area contributed by atoms with Gasteiger partial charge in [-0.05, 0) is 49.8 Å². The molecule has 0 fully saturated rings. The molecule has 0 aliphatic rings. The molecule has 0 aliphatic carbocycles. The highest BCUT2D eigenvalue weighted by Gasteiger charge is 2.37. The molecule has 4 rings (SSSR count). The quantitative estimate of drug-likeness (QED) is 0.305. The van der Waals surface area contributed by atoms with E-state index in [9.17, 15) is 22.8 Å². The predicted octanol–water partition coefficient (Wildman–Crippen LogP) is 4.01. The molecule has 0 unspecified atom stereocenters. The van der Waals surface area contributed by atoms with Crippen LogP contribution in [0.3, 0.4) is 0 Å². The van der Waals surface area contributed by atoms with Gasteiger partial charge in [0, 0.05) is 30.5 Å². The molecule has 3 aromatic heterocycles. The van der Waals surface area contributed by atoms with E-state index in [2.05, 4.69) is 20.4 Å². The van der Waals surface area contributed by atoms with Crippen LogP contribution in [-0.4, -0.2) is 30.8 Å². The Hall–Kier alpha value is -4.36. The first-order valence-corrected chi connectivity index (χ1v) is 11.4. The number of anilines is 2. The maximum Gasteiger partial charge on any atom is 0.423 e. The summed E-state index contributed by atoms with van der Waals surface area (Å²) in [4.78, 5) is 32.4. The Balaban J connectivity index is 1.54. The molecule has 0 spiro atoms. The molecule has 0 saturated heterocycles. The molecular weight excluding hydrogens is 513 g/mol. The summed E-state index contributed by atoms with van der Waals surface area (Å²) in [5.74, 6) is -2.70. The molecular formula is C24H22F5N7O2. The third-order valence-corrected chi connectivity index (χ3v) is 5.97. The number of alkyl halides is 3. The number of aryl methyl sites for hydroxylation is 2. The van der Waals surface area contributed by atoms with Crippen molar-refractivity contribution in [3.63, 3.8) is 0 Å². The van der Waals surface area contributed by atoms with Gasteiger partial charge in [-0.25, -0.2) is 23.8 Å². The lowest BCUT2D eigenvalue weighted by molar-refractivity contribution is -0.138. The number of nitrogen functional groups attached to an aromatic ring is 1. The van der Waals surface area contributed by atoms with Crippen LogP contribution in [0.15, 0.2) is 40.3 Å². The van der Waals surface area contributed by atoms with Crippen LogP contribution in [0.4, 0.5) is 33.6 Å². The van der Waals surface area contributed by atoms with Crippen LogP contribution in [0.5, 0.6) is 0 Å². The molecule has 4 aromatic rings. The standard InChI is InChI=1S/C24H22F5N7O2/c1-11-9-31-23(30)34-20(11)14-8-13-5-7-36(22(38)16(13)19(26)18(14)25)6-3-4-12(2)33-15-10-32-35-21(37)17(15)24(27,28)29/h5,7-10,12H,3-4,6H2,1-2H3,(H2,30,31,34)(H2,33,35,37)/t12-/m0/s1. The zero-order valence-electron chi connectivity index (χ0n) is 20.2. The molecule has 4 N–H and O–H groups in total. The van der Waals surface area contributed by atoms with Crippen LogP contribution in [0.2, 0.25) is 0 Å². The highest BCUT2D eigenvalue weighted by atomic mass is 19.4. The number of H-pyrrole nitrogens is 1. The molecule has 1 atom stereocenters. The number of nitrogens with one attached hydrogen (secondary N) is 2. The van der Waals surface area contributed by atoms with Gasteiger partial charge in [-0.3, -0.25) is 9.59 Å². The van der Waals surface area contributed by atoms with Crippen molar-refractivity contribution in [2.24, 2.45) is 0 Å². The summed E-state index contributed by atoms with van der Waals surface area (Å²) in [6, 6.07) is 2.24. The van der Waals surface area contributed by atoms with Crippen LogP contribution >= 0.6 is 0 Å². The van der Waals surface area contributed by atoms with Crippen molar-refractivity contribution >= 4 is 22.4 Å². The van der Waals surface area contributed by atoms with E-state index in [1.807, 2.05) is 0 Å². The predicted molar refractivity (Wildman–Crippen MR) is 130 cm³/mol. The third kappa shape index (κ3) is 5.19. The second kappa shape index (κ2) is 10.2. The van der Waals surface area contributed by atoms with E-state index in [1.54, 1.807) is 18.9 Å². The van der Waals surface area contributed by atoms with Gasteiger partial charge in [0.05, 0.1) is 23.0 Å². The van der Waals surface area contributed by atoms with Gasteiger partial charge in [-0.2, -0.15) is 18.3 Å². The third-order valence-electron chi connectivity index (χ3n) is 5.97. The Labute approximate surface area is 211 Å². The summed E-state index contributed by atoms with van der Waals surface area (Å²) in [5.41, 5.74) is 2.01. The number of aromatic amines is 1. The van der Waals surface area contributed by atoms with Gasteiger partial charge >= 0.3 is 6.18 Å². The fourth-order valence-corrected chi connectivity index (χ4v) is 4.15. The van der Waals surface area contributed by atoms with E-state index in [0.717, 1.165) is 6.20 Å². The Morgan fingerprint density at radius 3 is 2.63 bits per heavy atom. The molecule has 0 amide bonds. The summed E-state index contributed by atoms with van der Waals surface area (Å²) in [5, 5.41) is 7.50. The fourth-order valence-electron chi connectivity index (χ4n) is 4.15. The van der Waals surface area contributed by atoms with Crippen molar-refractivity contribution in [2.75, 3.05) is 11.1 Å². The SMILES string of the molecule is Cc1cnc(N)nc1-c1cc2ccn(CCC[C@H](C)Nc3cn[nH]c(=O)c3C(F)(F)F)c(=O)c2c(F)c1F. The molecule has 3 heterocycles.